The minimum absolute atomic E-state index is 0.0111. The molecule has 1 fully saturated rings. The van der Waals surface area contributed by atoms with Crippen LogP contribution < -0.4 is 9.64 Å². The number of rotatable bonds is 4. The van der Waals surface area contributed by atoms with Crippen molar-refractivity contribution in [1.29, 1.82) is 0 Å². The molecule has 1 saturated heterocycles. The van der Waals surface area contributed by atoms with Crippen LogP contribution >= 0.6 is 11.3 Å². The van der Waals surface area contributed by atoms with Crippen molar-refractivity contribution in [3.63, 3.8) is 0 Å². The first-order chi connectivity index (χ1) is 14.1. The van der Waals surface area contributed by atoms with E-state index in [9.17, 15) is 9.59 Å². The van der Waals surface area contributed by atoms with E-state index in [4.69, 9.17) is 4.74 Å². The summed E-state index contributed by atoms with van der Waals surface area (Å²) in [6.45, 7) is 1.08. The van der Waals surface area contributed by atoms with Crippen LogP contribution in [0, 0.1) is 5.92 Å². The molecule has 1 aromatic heterocycles. The highest BCUT2D eigenvalue weighted by Gasteiger charge is 2.32. The molecule has 0 aliphatic carbocycles. The van der Waals surface area contributed by atoms with Crippen molar-refractivity contribution >= 4 is 39.1 Å². The number of methoxy groups -OCH3 is 1. The number of carbonyl (C=O) groups is 2. The van der Waals surface area contributed by atoms with Crippen molar-refractivity contribution in [1.82, 2.24) is 9.88 Å². The summed E-state index contributed by atoms with van der Waals surface area (Å²) in [5.74, 6) is 0.496. The maximum atomic E-state index is 13.3. The molecule has 2 heterocycles. The van der Waals surface area contributed by atoms with Crippen molar-refractivity contribution in [2.45, 2.75) is 12.8 Å². The van der Waals surface area contributed by atoms with E-state index in [1.807, 2.05) is 41.8 Å². The van der Waals surface area contributed by atoms with Crippen LogP contribution in [0.3, 0.4) is 0 Å². The first-order valence-corrected chi connectivity index (χ1v) is 10.5. The minimum atomic E-state index is -0.217. The number of anilines is 1. The highest BCUT2D eigenvalue weighted by molar-refractivity contribution is 7.13. The van der Waals surface area contributed by atoms with E-state index in [1.165, 1.54) is 11.3 Å². The Bertz CT molecular complexity index is 1030. The fourth-order valence-electron chi connectivity index (χ4n) is 3.92. The number of piperidine rings is 1. The second kappa shape index (κ2) is 8.21. The predicted molar refractivity (Wildman–Crippen MR) is 115 cm³/mol. The number of benzene rings is 2. The van der Waals surface area contributed by atoms with Gasteiger partial charge in [-0.25, -0.2) is 4.98 Å². The molecule has 0 spiro atoms. The minimum Gasteiger partial charge on any atom is -0.496 e. The van der Waals surface area contributed by atoms with Gasteiger partial charge >= 0.3 is 0 Å². The second-order valence-corrected chi connectivity index (χ2v) is 8.04. The number of thiazole rings is 1. The molecule has 2 amide bonds. The number of aromatic nitrogens is 1. The lowest BCUT2D eigenvalue weighted by molar-refractivity contribution is -0.123. The maximum absolute atomic E-state index is 13.3. The quantitative estimate of drug-likeness (QED) is 0.657. The van der Waals surface area contributed by atoms with E-state index in [2.05, 4.69) is 4.98 Å². The fraction of sp³-hybridized carbons (Fsp3) is 0.318. The number of ether oxygens (including phenoxy) is 1. The van der Waals surface area contributed by atoms with E-state index in [0.717, 1.165) is 29.4 Å². The molecule has 4 rings (SSSR count). The monoisotopic (exact) mass is 409 g/mol. The van der Waals surface area contributed by atoms with Gasteiger partial charge < -0.3 is 9.64 Å². The van der Waals surface area contributed by atoms with Gasteiger partial charge in [-0.3, -0.25) is 14.5 Å². The van der Waals surface area contributed by atoms with E-state index in [-0.39, 0.29) is 17.7 Å². The molecule has 1 atom stereocenters. The fourth-order valence-corrected chi connectivity index (χ4v) is 4.53. The Morgan fingerprint density at radius 1 is 1.21 bits per heavy atom. The van der Waals surface area contributed by atoms with Crippen molar-refractivity contribution in [3.05, 3.63) is 53.5 Å². The van der Waals surface area contributed by atoms with Crippen molar-refractivity contribution in [2.24, 2.45) is 5.92 Å². The topological polar surface area (TPSA) is 62.7 Å². The highest BCUT2D eigenvalue weighted by Crippen LogP contribution is 2.30. The Hall–Kier alpha value is -2.93. The number of carbonyl (C=O) groups excluding carboxylic acids is 2. The average Bonchev–Trinajstić information content (AvgIpc) is 3.32. The van der Waals surface area contributed by atoms with Crippen LogP contribution in [0.5, 0.6) is 5.75 Å². The molecule has 2 aromatic carbocycles. The summed E-state index contributed by atoms with van der Waals surface area (Å²) in [4.78, 5) is 33.9. The smallest absolute Gasteiger partial charge is 0.254 e. The second-order valence-electron chi connectivity index (χ2n) is 7.16. The standard InChI is InChI=1S/C22H23N3O3S/c1-24(22-23-11-13-29-22)20(26)15-6-5-12-25(14-15)21(27)18-9-10-19(28-2)17-8-4-3-7-16(17)18/h3-4,7-11,13,15H,5-6,12,14H2,1-2H3/t15-/m0/s1. The van der Waals surface area contributed by atoms with Gasteiger partial charge in [0.1, 0.15) is 5.75 Å². The third-order valence-corrected chi connectivity index (χ3v) is 6.28. The van der Waals surface area contributed by atoms with Crippen LogP contribution in [-0.4, -0.2) is 48.9 Å². The zero-order valence-electron chi connectivity index (χ0n) is 16.5. The summed E-state index contributed by atoms with van der Waals surface area (Å²) in [7, 11) is 3.38. The van der Waals surface area contributed by atoms with E-state index in [0.29, 0.717) is 23.8 Å². The van der Waals surface area contributed by atoms with Crippen LogP contribution in [0.4, 0.5) is 5.13 Å². The Morgan fingerprint density at radius 3 is 2.72 bits per heavy atom. The molecular weight excluding hydrogens is 386 g/mol. The van der Waals surface area contributed by atoms with Gasteiger partial charge in [-0.05, 0) is 30.4 Å². The Morgan fingerprint density at radius 2 is 2.00 bits per heavy atom. The molecule has 3 aromatic rings. The van der Waals surface area contributed by atoms with Gasteiger partial charge in [-0.15, -0.1) is 11.3 Å². The summed E-state index contributed by atoms with van der Waals surface area (Å²) < 4.78 is 5.44. The Labute approximate surface area is 173 Å². The van der Waals surface area contributed by atoms with Crippen molar-refractivity contribution in [2.75, 3.05) is 32.1 Å². The summed E-state index contributed by atoms with van der Waals surface area (Å²) in [5, 5.41) is 4.31. The van der Waals surface area contributed by atoms with Gasteiger partial charge in [-0.1, -0.05) is 24.3 Å². The molecule has 0 unspecified atom stereocenters. The molecule has 1 aliphatic heterocycles. The number of hydrogen-bond acceptors (Lipinski definition) is 5. The maximum Gasteiger partial charge on any atom is 0.254 e. The van der Waals surface area contributed by atoms with Gasteiger partial charge in [-0.2, -0.15) is 0 Å². The zero-order valence-corrected chi connectivity index (χ0v) is 17.3. The number of amides is 2. The molecule has 0 radical (unpaired) electrons. The average molecular weight is 410 g/mol. The molecule has 7 heteroatoms. The van der Waals surface area contributed by atoms with Gasteiger partial charge in [0.15, 0.2) is 5.13 Å². The molecular formula is C22H23N3O3S. The largest absolute Gasteiger partial charge is 0.496 e. The van der Waals surface area contributed by atoms with Gasteiger partial charge in [0.2, 0.25) is 5.91 Å². The molecule has 29 heavy (non-hydrogen) atoms. The third kappa shape index (κ3) is 3.70. The summed E-state index contributed by atoms with van der Waals surface area (Å²) in [6.07, 6.45) is 3.28. The number of nitrogens with zero attached hydrogens (tertiary/aromatic N) is 3. The molecule has 6 nitrogen and oxygen atoms in total. The lowest BCUT2D eigenvalue weighted by Gasteiger charge is -2.33. The van der Waals surface area contributed by atoms with Crippen LogP contribution in [-0.2, 0) is 4.79 Å². The SMILES string of the molecule is COc1ccc(C(=O)N2CCC[C@H](C(=O)N(C)c3nccs3)C2)c2ccccc12. The predicted octanol–water partition coefficient (Wildman–Crippen LogP) is 3.82. The molecule has 0 bridgehead atoms. The molecule has 150 valence electrons. The Balaban J connectivity index is 1.57. The normalized spacial score (nSPS) is 16.6. The number of hydrogen-bond donors (Lipinski definition) is 0. The van der Waals surface area contributed by atoms with E-state index in [1.54, 1.807) is 30.2 Å². The van der Waals surface area contributed by atoms with Crippen molar-refractivity contribution in [3.8, 4) is 5.75 Å². The Kier molecular flexibility index (Phi) is 5.49. The summed E-state index contributed by atoms with van der Waals surface area (Å²) in [5.41, 5.74) is 0.641. The third-order valence-electron chi connectivity index (χ3n) is 5.43. The highest BCUT2D eigenvalue weighted by atomic mass is 32.1. The van der Waals surface area contributed by atoms with Crippen LogP contribution in [0.15, 0.2) is 48.0 Å². The summed E-state index contributed by atoms with van der Waals surface area (Å²) in [6, 6.07) is 11.4. The van der Waals surface area contributed by atoms with Crippen LogP contribution in [0.25, 0.3) is 10.8 Å². The van der Waals surface area contributed by atoms with E-state index < -0.39 is 0 Å². The number of likely N-dealkylation sites (tertiary alicyclic amines) is 1. The van der Waals surface area contributed by atoms with Crippen molar-refractivity contribution < 1.29 is 14.3 Å². The molecule has 0 N–H and O–H groups in total. The zero-order chi connectivity index (χ0) is 20.4. The first kappa shape index (κ1) is 19.4. The van der Waals surface area contributed by atoms with E-state index >= 15 is 0 Å². The van der Waals surface area contributed by atoms with Gasteiger partial charge in [0.25, 0.3) is 5.91 Å². The van der Waals surface area contributed by atoms with Crippen LogP contribution in [0.1, 0.15) is 23.2 Å². The molecule has 1 aliphatic rings. The number of fused-ring (bicyclic) bond motifs is 1. The lowest BCUT2D eigenvalue weighted by Crippen LogP contribution is -2.46. The lowest BCUT2D eigenvalue weighted by atomic mass is 9.95. The van der Waals surface area contributed by atoms with Crippen LogP contribution in [0.2, 0.25) is 0 Å². The molecule has 0 saturated carbocycles. The van der Waals surface area contributed by atoms with Gasteiger partial charge in [0.05, 0.1) is 13.0 Å². The first-order valence-electron chi connectivity index (χ1n) is 9.62. The summed E-state index contributed by atoms with van der Waals surface area (Å²) >= 11 is 1.43. The van der Waals surface area contributed by atoms with Gasteiger partial charge in [0, 0.05) is 42.7 Å².